The Labute approximate surface area is 116 Å². The highest BCUT2D eigenvalue weighted by Gasteiger charge is 2.16. The maximum Gasteiger partial charge on any atom is 0.0794 e. The Hall–Kier alpha value is -1.72. The Morgan fingerprint density at radius 1 is 1.37 bits per heavy atom. The highest BCUT2D eigenvalue weighted by molar-refractivity contribution is 7.09. The fourth-order valence-electron chi connectivity index (χ4n) is 2.31. The lowest BCUT2D eigenvalue weighted by Gasteiger charge is -2.16. The first-order chi connectivity index (χ1) is 9.38. The van der Waals surface area contributed by atoms with Crippen LogP contribution in [-0.2, 0) is 6.42 Å². The largest absolute Gasteiger partial charge is 0.310 e. The Bertz CT molecular complexity index is 644. The van der Waals surface area contributed by atoms with Crippen LogP contribution in [0.2, 0.25) is 0 Å². The SMILES string of the molecule is CCNC(Cc1cncs1)c1cnn2ccccc12. The molecule has 0 bridgehead atoms. The Kier molecular flexibility index (Phi) is 3.57. The number of fused-ring (bicyclic) bond motifs is 1. The van der Waals surface area contributed by atoms with Crippen molar-refractivity contribution in [2.24, 2.45) is 0 Å². The van der Waals surface area contributed by atoms with Gasteiger partial charge in [0, 0.05) is 35.3 Å². The summed E-state index contributed by atoms with van der Waals surface area (Å²) in [6.07, 6.45) is 6.84. The number of nitrogens with zero attached hydrogens (tertiary/aromatic N) is 3. The van der Waals surface area contributed by atoms with Gasteiger partial charge in [0.05, 0.1) is 17.2 Å². The van der Waals surface area contributed by atoms with Gasteiger partial charge in [0.2, 0.25) is 0 Å². The van der Waals surface area contributed by atoms with Crippen molar-refractivity contribution in [1.29, 1.82) is 0 Å². The first kappa shape index (κ1) is 12.3. The van der Waals surface area contributed by atoms with E-state index in [1.807, 2.05) is 34.7 Å². The second-order valence-electron chi connectivity index (χ2n) is 4.41. The molecule has 3 aromatic rings. The van der Waals surface area contributed by atoms with E-state index < -0.39 is 0 Å². The number of hydrogen-bond acceptors (Lipinski definition) is 4. The molecule has 3 aromatic heterocycles. The van der Waals surface area contributed by atoms with Gasteiger partial charge in [-0.05, 0) is 18.7 Å². The van der Waals surface area contributed by atoms with E-state index in [1.54, 1.807) is 11.3 Å². The molecule has 0 aromatic carbocycles. The molecule has 0 saturated carbocycles. The predicted molar refractivity (Wildman–Crippen MR) is 77.4 cm³/mol. The molecule has 0 saturated heterocycles. The number of nitrogens with one attached hydrogen (secondary N) is 1. The van der Waals surface area contributed by atoms with Gasteiger partial charge in [-0.1, -0.05) is 13.0 Å². The summed E-state index contributed by atoms with van der Waals surface area (Å²) < 4.78 is 1.92. The average molecular weight is 272 g/mol. The molecule has 1 N–H and O–H groups in total. The van der Waals surface area contributed by atoms with Crippen LogP contribution in [0.3, 0.4) is 0 Å². The fourth-order valence-corrected chi connectivity index (χ4v) is 2.95. The van der Waals surface area contributed by atoms with Gasteiger partial charge in [-0.25, -0.2) is 4.52 Å². The highest BCUT2D eigenvalue weighted by Crippen LogP contribution is 2.24. The minimum atomic E-state index is 0.283. The van der Waals surface area contributed by atoms with Gasteiger partial charge in [0.1, 0.15) is 0 Å². The lowest BCUT2D eigenvalue weighted by atomic mass is 10.0. The molecule has 0 fully saturated rings. The molecule has 0 aliphatic rings. The van der Waals surface area contributed by atoms with Crippen LogP contribution in [0.15, 0.2) is 42.3 Å². The van der Waals surface area contributed by atoms with E-state index in [9.17, 15) is 0 Å². The zero-order valence-electron chi connectivity index (χ0n) is 10.8. The van der Waals surface area contributed by atoms with Gasteiger partial charge in [0.15, 0.2) is 0 Å². The summed E-state index contributed by atoms with van der Waals surface area (Å²) >= 11 is 1.70. The monoisotopic (exact) mass is 272 g/mol. The molecular formula is C14H16N4S. The summed E-state index contributed by atoms with van der Waals surface area (Å²) in [5.74, 6) is 0. The number of thiazole rings is 1. The number of pyridine rings is 1. The van der Waals surface area contributed by atoms with E-state index in [0.717, 1.165) is 18.5 Å². The first-order valence-corrected chi connectivity index (χ1v) is 7.29. The Balaban J connectivity index is 1.95. The van der Waals surface area contributed by atoms with Gasteiger partial charge in [-0.15, -0.1) is 11.3 Å². The summed E-state index contributed by atoms with van der Waals surface area (Å²) in [6, 6.07) is 6.44. The Morgan fingerprint density at radius 3 is 3.11 bits per heavy atom. The van der Waals surface area contributed by atoms with Gasteiger partial charge in [-0.2, -0.15) is 5.10 Å². The zero-order valence-corrected chi connectivity index (χ0v) is 11.6. The van der Waals surface area contributed by atoms with E-state index in [0.29, 0.717) is 0 Å². The molecular weight excluding hydrogens is 256 g/mol. The normalized spacial score (nSPS) is 12.9. The maximum atomic E-state index is 4.42. The third-order valence-electron chi connectivity index (χ3n) is 3.17. The number of likely N-dealkylation sites (N-methyl/N-ethyl adjacent to an activating group) is 1. The molecule has 0 radical (unpaired) electrons. The first-order valence-electron chi connectivity index (χ1n) is 6.41. The fraction of sp³-hybridized carbons (Fsp3) is 0.286. The molecule has 19 heavy (non-hydrogen) atoms. The third-order valence-corrected chi connectivity index (χ3v) is 3.97. The van der Waals surface area contributed by atoms with Crippen molar-refractivity contribution in [2.75, 3.05) is 6.54 Å². The zero-order chi connectivity index (χ0) is 13.1. The Morgan fingerprint density at radius 2 is 2.32 bits per heavy atom. The van der Waals surface area contributed by atoms with Crippen LogP contribution in [-0.4, -0.2) is 21.1 Å². The van der Waals surface area contributed by atoms with Gasteiger partial charge in [-0.3, -0.25) is 4.98 Å². The maximum absolute atomic E-state index is 4.42. The predicted octanol–water partition coefficient (Wildman–Crippen LogP) is 2.68. The molecule has 0 amide bonds. The van der Waals surface area contributed by atoms with E-state index in [1.165, 1.54) is 10.4 Å². The van der Waals surface area contributed by atoms with Crippen LogP contribution in [0.1, 0.15) is 23.4 Å². The average Bonchev–Trinajstić information content (AvgIpc) is 3.07. The van der Waals surface area contributed by atoms with Crippen LogP contribution in [0.4, 0.5) is 0 Å². The van der Waals surface area contributed by atoms with Gasteiger partial charge >= 0.3 is 0 Å². The summed E-state index contributed by atoms with van der Waals surface area (Å²) in [5, 5.41) is 7.96. The van der Waals surface area contributed by atoms with E-state index in [4.69, 9.17) is 0 Å². The van der Waals surface area contributed by atoms with Gasteiger partial charge in [0.25, 0.3) is 0 Å². The molecule has 3 rings (SSSR count). The molecule has 1 unspecified atom stereocenters. The third kappa shape index (κ3) is 2.52. The molecule has 98 valence electrons. The summed E-state index contributed by atoms with van der Waals surface area (Å²) in [5.41, 5.74) is 4.29. The van der Waals surface area contributed by atoms with Crippen LogP contribution >= 0.6 is 11.3 Å². The van der Waals surface area contributed by atoms with E-state index in [-0.39, 0.29) is 6.04 Å². The van der Waals surface area contributed by atoms with Crippen molar-refractivity contribution >= 4 is 16.9 Å². The van der Waals surface area contributed by atoms with E-state index in [2.05, 4.69) is 34.5 Å². The summed E-state index contributed by atoms with van der Waals surface area (Å²) in [6.45, 7) is 3.07. The van der Waals surface area contributed by atoms with Crippen LogP contribution in [0, 0.1) is 0 Å². The second-order valence-corrected chi connectivity index (χ2v) is 5.38. The number of aromatic nitrogens is 3. The highest BCUT2D eigenvalue weighted by atomic mass is 32.1. The number of rotatable bonds is 5. The molecule has 3 heterocycles. The lowest BCUT2D eigenvalue weighted by molar-refractivity contribution is 0.556. The molecule has 0 aliphatic carbocycles. The van der Waals surface area contributed by atoms with Crippen LogP contribution in [0.5, 0.6) is 0 Å². The second kappa shape index (κ2) is 5.50. The summed E-state index contributed by atoms with van der Waals surface area (Å²) in [4.78, 5) is 5.44. The van der Waals surface area contributed by atoms with Crippen molar-refractivity contribution in [3.05, 3.63) is 52.7 Å². The number of hydrogen-bond donors (Lipinski definition) is 1. The van der Waals surface area contributed by atoms with Gasteiger partial charge < -0.3 is 5.32 Å². The molecule has 1 atom stereocenters. The van der Waals surface area contributed by atoms with Crippen molar-refractivity contribution < 1.29 is 0 Å². The molecule has 0 aliphatic heterocycles. The van der Waals surface area contributed by atoms with Crippen molar-refractivity contribution in [3.8, 4) is 0 Å². The van der Waals surface area contributed by atoms with Crippen molar-refractivity contribution in [3.63, 3.8) is 0 Å². The minimum absolute atomic E-state index is 0.283. The topological polar surface area (TPSA) is 42.2 Å². The van der Waals surface area contributed by atoms with Crippen molar-refractivity contribution in [2.45, 2.75) is 19.4 Å². The quantitative estimate of drug-likeness (QED) is 0.776. The van der Waals surface area contributed by atoms with Crippen LogP contribution < -0.4 is 5.32 Å². The minimum Gasteiger partial charge on any atom is -0.310 e. The van der Waals surface area contributed by atoms with Crippen molar-refractivity contribution in [1.82, 2.24) is 19.9 Å². The van der Waals surface area contributed by atoms with Crippen LogP contribution in [0.25, 0.3) is 5.52 Å². The van der Waals surface area contributed by atoms with E-state index >= 15 is 0 Å². The standard InChI is InChI=1S/C14H16N4S/c1-2-16-13(7-11-8-15-10-19-11)12-9-17-18-6-4-3-5-14(12)18/h3-6,8-10,13,16H,2,7H2,1H3. The summed E-state index contributed by atoms with van der Waals surface area (Å²) in [7, 11) is 0. The molecule has 4 nitrogen and oxygen atoms in total. The molecule has 0 spiro atoms. The lowest BCUT2D eigenvalue weighted by Crippen LogP contribution is -2.22. The molecule has 5 heteroatoms. The smallest absolute Gasteiger partial charge is 0.0794 e.